The molecule has 0 saturated heterocycles. The Hall–Kier alpha value is -0.860. The standard InChI is InChI=1S/C17H33N3/c1-9-11-17(7,8)20-12-14(18-19-20)16(5,6)13-15(3,4)10-2/h12H,9-11,13H2,1-8H3. The Labute approximate surface area is 125 Å². The van der Waals surface area contributed by atoms with Gasteiger partial charge < -0.3 is 0 Å². The van der Waals surface area contributed by atoms with Crippen molar-refractivity contribution in [1.82, 2.24) is 15.0 Å². The minimum absolute atomic E-state index is 0.0519. The van der Waals surface area contributed by atoms with E-state index in [4.69, 9.17) is 0 Å². The summed E-state index contributed by atoms with van der Waals surface area (Å²) in [5.74, 6) is 0. The van der Waals surface area contributed by atoms with Crippen LogP contribution < -0.4 is 0 Å². The number of hydrogen-bond acceptors (Lipinski definition) is 2. The van der Waals surface area contributed by atoms with Gasteiger partial charge in [0.1, 0.15) is 0 Å². The lowest BCUT2D eigenvalue weighted by Gasteiger charge is -2.33. The van der Waals surface area contributed by atoms with E-state index in [0.29, 0.717) is 5.41 Å². The van der Waals surface area contributed by atoms with Crippen LogP contribution in [0.4, 0.5) is 0 Å². The zero-order valence-electron chi connectivity index (χ0n) is 14.7. The van der Waals surface area contributed by atoms with E-state index in [1.165, 1.54) is 6.42 Å². The highest BCUT2D eigenvalue weighted by Gasteiger charge is 2.32. The first kappa shape index (κ1) is 17.2. The summed E-state index contributed by atoms with van der Waals surface area (Å²) in [6.07, 6.45) is 6.75. The maximum atomic E-state index is 4.47. The van der Waals surface area contributed by atoms with Gasteiger partial charge >= 0.3 is 0 Å². The Balaban J connectivity index is 2.96. The van der Waals surface area contributed by atoms with Gasteiger partial charge in [-0.25, -0.2) is 4.68 Å². The Morgan fingerprint density at radius 3 is 2.15 bits per heavy atom. The third kappa shape index (κ3) is 4.07. The van der Waals surface area contributed by atoms with E-state index in [0.717, 1.165) is 25.0 Å². The molecule has 0 aliphatic heterocycles. The molecule has 20 heavy (non-hydrogen) atoms. The van der Waals surface area contributed by atoms with Crippen LogP contribution in [0.5, 0.6) is 0 Å². The van der Waals surface area contributed by atoms with Crippen LogP contribution in [-0.2, 0) is 11.0 Å². The fourth-order valence-electron chi connectivity index (χ4n) is 3.01. The molecular formula is C17H33N3. The second-order valence-corrected chi connectivity index (χ2v) is 8.19. The van der Waals surface area contributed by atoms with Crippen molar-refractivity contribution in [3.8, 4) is 0 Å². The van der Waals surface area contributed by atoms with Crippen molar-refractivity contribution >= 4 is 0 Å². The number of hydrogen-bond donors (Lipinski definition) is 0. The summed E-state index contributed by atoms with van der Waals surface area (Å²) in [5.41, 5.74) is 1.58. The molecule has 0 unspecified atom stereocenters. The molecule has 0 aliphatic carbocycles. The molecule has 0 bridgehead atoms. The molecule has 0 aliphatic rings. The van der Waals surface area contributed by atoms with Gasteiger partial charge in [0, 0.05) is 11.6 Å². The highest BCUT2D eigenvalue weighted by molar-refractivity contribution is 5.10. The van der Waals surface area contributed by atoms with Gasteiger partial charge in [-0.1, -0.05) is 59.6 Å². The quantitative estimate of drug-likeness (QED) is 0.709. The summed E-state index contributed by atoms with van der Waals surface area (Å²) in [4.78, 5) is 0. The average Bonchev–Trinajstić information content (AvgIpc) is 2.78. The lowest BCUT2D eigenvalue weighted by atomic mass is 9.72. The van der Waals surface area contributed by atoms with E-state index in [9.17, 15) is 0 Å². The first-order chi connectivity index (χ1) is 9.04. The van der Waals surface area contributed by atoms with Gasteiger partial charge in [0.25, 0.3) is 0 Å². The third-order valence-corrected chi connectivity index (χ3v) is 4.55. The van der Waals surface area contributed by atoms with Gasteiger partial charge in [-0.3, -0.25) is 0 Å². The van der Waals surface area contributed by atoms with Crippen molar-refractivity contribution in [1.29, 1.82) is 0 Å². The van der Waals surface area contributed by atoms with Crippen molar-refractivity contribution in [3.05, 3.63) is 11.9 Å². The average molecular weight is 279 g/mol. The first-order valence-corrected chi connectivity index (χ1v) is 7.97. The molecule has 0 atom stereocenters. The molecule has 0 aromatic carbocycles. The van der Waals surface area contributed by atoms with Gasteiger partial charge in [-0.15, -0.1) is 5.10 Å². The molecule has 3 heteroatoms. The van der Waals surface area contributed by atoms with Crippen molar-refractivity contribution < 1.29 is 0 Å². The zero-order chi connectivity index (χ0) is 15.6. The van der Waals surface area contributed by atoms with E-state index >= 15 is 0 Å². The van der Waals surface area contributed by atoms with Crippen LogP contribution in [0.15, 0.2) is 6.20 Å². The lowest BCUT2D eigenvalue weighted by Crippen LogP contribution is -2.28. The maximum Gasteiger partial charge on any atom is 0.0883 e. The molecule has 1 heterocycles. The molecule has 0 radical (unpaired) electrons. The smallest absolute Gasteiger partial charge is 0.0883 e. The topological polar surface area (TPSA) is 30.7 Å². The number of nitrogens with zero attached hydrogens (tertiary/aromatic N) is 3. The highest BCUT2D eigenvalue weighted by Crippen LogP contribution is 2.37. The Bertz CT molecular complexity index is 427. The molecule has 1 rings (SSSR count). The van der Waals surface area contributed by atoms with Gasteiger partial charge in [0.15, 0.2) is 0 Å². The zero-order valence-corrected chi connectivity index (χ0v) is 14.7. The fourth-order valence-corrected chi connectivity index (χ4v) is 3.01. The van der Waals surface area contributed by atoms with E-state index < -0.39 is 0 Å². The van der Waals surface area contributed by atoms with Crippen LogP contribution in [0.2, 0.25) is 0 Å². The molecule has 1 aromatic heterocycles. The Kier molecular flexibility index (Phi) is 5.04. The second kappa shape index (κ2) is 5.87. The van der Waals surface area contributed by atoms with E-state index in [1.807, 2.05) is 4.68 Å². The van der Waals surface area contributed by atoms with Gasteiger partial charge in [0.2, 0.25) is 0 Å². The van der Waals surface area contributed by atoms with Crippen molar-refractivity contribution in [2.24, 2.45) is 5.41 Å². The molecular weight excluding hydrogens is 246 g/mol. The van der Waals surface area contributed by atoms with Crippen LogP contribution in [0, 0.1) is 5.41 Å². The summed E-state index contributed by atoms with van der Waals surface area (Å²) in [7, 11) is 0. The van der Waals surface area contributed by atoms with Crippen LogP contribution >= 0.6 is 0 Å². The molecule has 3 nitrogen and oxygen atoms in total. The maximum absolute atomic E-state index is 4.47. The molecule has 0 spiro atoms. The SMILES string of the molecule is CCCC(C)(C)n1cc(C(C)(C)CC(C)(C)CC)nn1. The summed E-state index contributed by atoms with van der Waals surface area (Å²) in [6, 6.07) is 0. The summed E-state index contributed by atoms with van der Waals surface area (Å²) in [6.45, 7) is 18.2. The predicted octanol–water partition coefficient (Wildman–Crippen LogP) is 4.92. The van der Waals surface area contributed by atoms with Crippen molar-refractivity contribution in [2.45, 2.75) is 92.0 Å². The van der Waals surface area contributed by atoms with Crippen LogP contribution in [-0.4, -0.2) is 15.0 Å². The molecule has 0 amide bonds. The number of rotatable bonds is 7. The summed E-state index contributed by atoms with van der Waals surface area (Å²) < 4.78 is 2.05. The van der Waals surface area contributed by atoms with Gasteiger partial charge in [-0.2, -0.15) is 0 Å². The molecule has 0 N–H and O–H groups in total. The van der Waals surface area contributed by atoms with Crippen molar-refractivity contribution in [3.63, 3.8) is 0 Å². The van der Waals surface area contributed by atoms with E-state index in [-0.39, 0.29) is 11.0 Å². The molecule has 0 fully saturated rings. The summed E-state index contributed by atoms with van der Waals surface area (Å²) in [5, 5.41) is 8.86. The van der Waals surface area contributed by atoms with E-state index in [2.05, 4.69) is 71.9 Å². The largest absolute Gasteiger partial charge is 0.247 e. The van der Waals surface area contributed by atoms with Gasteiger partial charge in [0.05, 0.1) is 11.2 Å². The van der Waals surface area contributed by atoms with E-state index in [1.54, 1.807) is 0 Å². The number of aromatic nitrogens is 3. The molecule has 1 aromatic rings. The van der Waals surface area contributed by atoms with Crippen LogP contribution in [0.25, 0.3) is 0 Å². The van der Waals surface area contributed by atoms with Crippen LogP contribution in [0.1, 0.15) is 86.8 Å². The minimum Gasteiger partial charge on any atom is -0.247 e. The normalized spacial score (nSPS) is 13.8. The van der Waals surface area contributed by atoms with Crippen molar-refractivity contribution in [2.75, 3.05) is 0 Å². The van der Waals surface area contributed by atoms with Crippen LogP contribution in [0.3, 0.4) is 0 Å². The summed E-state index contributed by atoms with van der Waals surface area (Å²) >= 11 is 0. The lowest BCUT2D eigenvalue weighted by molar-refractivity contribution is 0.244. The highest BCUT2D eigenvalue weighted by atomic mass is 15.4. The first-order valence-electron chi connectivity index (χ1n) is 7.97. The fraction of sp³-hybridized carbons (Fsp3) is 0.882. The molecule has 116 valence electrons. The van der Waals surface area contributed by atoms with Gasteiger partial charge in [-0.05, 0) is 32.1 Å². The Morgan fingerprint density at radius 1 is 1.05 bits per heavy atom. The molecule has 0 saturated carbocycles. The second-order valence-electron chi connectivity index (χ2n) is 8.19. The monoisotopic (exact) mass is 279 g/mol. The predicted molar refractivity (Wildman–Crippen MR) is 86.0 cm³/mol. The Morgan fingerprint density at radius 2 is 1.65 bits per heavy atom. The minimum atomic E-state index is 0.0519. The third-order valence-electron chi connectivity index (χ3n) is 4.55.